The Morgan fingerprint density at radius 1 is 1.50 bits per heavy atom. The van der Waals surface area contributed by atoms with Gasteiger partial charge in [-0.05, 0) is 27.2 Å². The van der Waals surface area contributed by atoms with E-state index >= 15 is 0 Å². The lowest BCUT2D eigenvalue weighted by atomic mass is 10.1. The molecule has 0 aliphatic heterocycles. The Kier molecular flexibility index (Phi) is 6.43. The Labute approximate surface area is 129 Å². The summed E-state index contributed by atoms with van der Waals surface area (Å²) in [5, 5.41) is 16.3. The molecule has 0 saturated heterocycles. The number of rotatable bonds is 7. The van der Waals surface area contributed by atoms with E-state index < -0.39 is 11.7 Å². The van der Waals surface area contributed by atoms with Gasteiger partial charge < -0.3 is 10.1 Å². The standard InChI is InChI=1S/C14H21N5O3/c1-10(9-20)5-6-11(7-8-12-16-18-19-17-12)15-13(21)22-14(2,3)4/h5-6,9,11H,1,7-8H2,2-4H3,(H,15,21)(H,16,17,18,19)/b6-5+/t11-/m1/s1. The summed E-state index contributed by atoms with van der Waals surface area (Å²) in [4.78, 5) is 22.4. The molecule has 0 unspecified atom stereocenters. The fourth-order valence-electron chi connectivity index (χ4n) is 1.53. The number of allylic oxidation sites excluding steroid dienone is 2. The van der Waals surface area contributed by atoms with E-state index in [1.807, 2.05) is 0 Å². The van der Waals surface area contributed by atoms with Crippen molar-refractivity contribution in [1.29, 1.82) is 0 Å². The van der Waals surface area contributed by atoms with E-state index in [0.29, 0.717) is 30.5 Å². The summed E-state index contributed by atoms with van der Waals surface area (Å²) in [6.45, 7) is 8.90. The molecule has 1 amide bonds. The van der Waals surface area contributed by atoms with Crippen molar-refractivity contribution in [2.45, 2.75) is 45.3 Å². The van der Waals surface area contributed by atoms with Crippen LogP contribution in [0.25, 0.3) is 0 Å². The summed E-state index contributed by atoms with van der Waals surface area (Å²) in [5.41, 5.74) is -0.270. The number of aryl methyl sites for hydroxylation is 1. The molecule has 0 saturated carbocycles. The van der Waals surface area contributed by atoms with Gasteiger partial charge in [0, 0.05) is 12.0 Å². The van der Waals surface area contributed by atoms with Crippen LogP contribution in [-0.4, -0.2) is 44.6 Å². The fraction of sp³-hybridized carbons (Fsp3) is 0.500. The second-order valence-corrected chi connectivity index (χ2v) is 5.67. The Morgan fingerprint density at radius 2 is 2.23 bits per heavy atom. The third-order valence-corrected chi connectivity index (χ3v) is 2.46. The van der Waals surface area contributed by atoms with Crippen LogP contribution in [0.5, 0.6) is 0 Å². The number of nitrogens with one attached hydrogen (secondary N) is 2. The maximum atomic E-state index is 11.8. The molecule has 1 rings (SSSR count). The minimum atomic E-state index is -0.585. The van der Waals surface area contributed by atoms with Crippen LogP contribution in [0.3, 0.4) is 0 Å². The Bertz CT molecular complexity index is 531. The summed E-state index contributed by atoms with van der Waals surface area (Å²) in [5.74, 6) is 0.540. The SMILES string of the molecule is C=C(C=O)/C=C/[C@H](CCc1nn[nH]n1)NC(=O)OC(C)(C)C. The van der Waals surface area contributed by atoms with Crippen molar-refractivity contribution in [3.05, 3.63) is 30.1 Å². The summed E-state index contributed by atoms with van der Waals surface area (Å²) < 4.78 is 5.21. The highest BCUT2D eigenvalue weighted by Gasteiger charge is 2.18. The molecule has 1 aromatic heterocycles. The highest BCUT2D eigenvalue weighted by molar-refractivity contribution is 5.76. The van der Waals surface area contributed by atoms with Gasteiger partial charge in [-0.3, -0.25) is 4.79 Å². The van der Waals surface area contributed by atoms with Crippen molar-refractivity contribution in [3.63, 3.8) is 0 Å². The maximum absolute atomic E-state index is 11.8. The van der Waals surface area contributed by atoms with Gasteiger partial charge in [0.05, 0.1) is 6.04 Å². The monoisotopic (exact) mass is 307 g/mol. The predicted octanol–water partition coefficient (Wildman–Crippen LogP) is 1.34. The number of tetrazole rings is 1. The molecule has 22 heavy (non-hydrogen) atoms. The van der Waals surface area contributed by atoms with Crippen LogP contribution in [0.15, 0.2) is 24.3 Å². The lowest BCUT2D eigenvalue weighted by Gasteiger charge is -2.22. The number of hydrogen-bond acceptors (Lipinski definition) is 6. The number of nitrogens with zero attached hydrogens (tertiary/aromatic N) is 3. The summed E-state index contributed by atoms with van der Waals surface area (Å²) in [7, 11) is 0. The molecule has 1 aromatic rings. The molecule has 0 aliphatic carbocycles. The van der Waals surface area contributed by atoms with E-state index in [4.69, 9.17) is 4.74 Å². The number of amides is 1. The Hall–Kier alpha value is -2.51. The summed E-state index contributed by atoms with van der Waals surface area (Å²) in [6.07, 6.45) is 4.37. The molecule has 1 atom stereocenters. The number of carbonyl (C=O) groups excluding carboxylic acids is 2. The predicted molar refractivity (Wildman–Crippen MR) is 80.0 cm³/mol. The van der Waals surface area contributed by atoms with Gasteiger partial charge >= 0.3 is 6.09 Å². The molecule has 0 bridgehead atoms. The topological polar surface area (TPSA) is 110 Å². The number of alkyl carbamates (subject to hydrolysis) is 1. The Balaban J connectivity index is 2.64. The van der Waals surface area contributed by atoms with Crippen molar-refractivity contribution >= 4 is 12.4 Å². The van der Waals surface area contributed by atoms with Gasteiger partial charge in [0.2, 0.25) is 0 Å². The van der Waals surface area contributed by atoms with Crippen LogP contribution in [0, 0.1) is 0 Å². The average Bonchev–Trinajstić information content (AvgIpc) is 2.92. The van der Waals surface area contributed by atoms with Crippen molar-refractivity contribution in [2.75, 3.05) is 0 Å². The van der Waals surface area contributed by atoms with Crippen molar-refractivity contribution < 1.29 is 14.3 Å². The first-order chi connectivity index (χ1) is 10.3. The van der Waals surface area contributed by atoms with Gasteiger partial charge in [-0.2, -0.15) is 5.21 Å². The number of carbonyl (C=O) groups is 2. The smallest absolute Gasteiger partial charge is 0.408 e. The van der Waals surface area contributed by atoms with E-state index in [-0.39, 0.29) is 6.04 Å². The number of aromatic nitrogens is 4. The molecular formula is C14H21N5O3. The molecule has 0 fully saturated rings. The van der Waals surface area contributed by atoms with Crippen molar-refractivity contribution in [2.24, 2.45) is 0 Å². The third-order valence-electron chi connectivity index (χ3n) is 2.46. The van der Waals surface area contributed by atoms with Crippen LogP contribution < -0.4 is 5.32 Å². The number of aldehydes is 1. The van der Waals surface area contributed by atoms with E-state index in [9.17, 15) is 9.59 Å². The fourth-order valence-corrected chi connectivity index (χ4v) is 1.53. The number of aromatic amines is 1. The zero-order chi connectivity index (χ0) is 16.6. The number of ether oxygens (including phenoxy) is 1. The molecule has 8 heteroatoms. The zero-order valence-corrected chi connectivity index (χ0v) is 13.0. The van der Waals surface area contributed by atoms with E-state index in [1.165, 1.54) is 0 Å². The molecule has 0 spiro atoms. The number of hydrogen-bond donors (Lipinski definition) is 2. The largest absolute Gasteiger partial charge is 0.444 e. The minimum absolute atomic E-state index is 0.315. The molecule has 0 aromatic carbocycles. The van der Waals surface area contributed by atoms with Gasteiger partial charge in [-0.25, -0.2) is 4.79 Å². The van der Waals surface area contributed by atoms with Gasteiger partial charge in [0.15, 0.2) is 5.82 Å². The zero-order valence-electron chi connectivity index (χ0n) is 13.0. The van der Waals surface area contributed by atoms with E-state index in [1.54, 1.807) is 32.9 Å². The van der Waals surface area contributed by atoms with Crippen molar-refractivity contribution in [1.82, 2.24) is 25.9 Å². The highest BCUT2D eigenvalue weighted by atomic mass is 16.6. The van der Waals surface area contributed by atoms with Crippen LogP contribution >= 0.6 is 0 Å². The molecule has 1 heterocycles. The molecule has 120 valence electrons. The first kappa shape index (κ1) is 17.5. The van der Waals surface area contributed by atoms with E-state index in [0.717, 1.165) is 0 Å². The summed E-state index contributed by atoms with van der Waals surface area (Å²) >= 11 is 0. The first-order valence-electron chi connectivity index (χ1n) is 6.84. The average molecular weight is 307 g/mol. The van der Waals surface area contributed by atoms with Gasteiger partial charge in [0.25, 0.3) is 0 Å². The quantitative estimate of drug-likeness (QED) is 0.447. The second kappa shape index (κ2) is 8.06. The van der Waals surface area contributed by atoms with Gasteiger partial charge in [-0.15, -0.1) is 10.2 Å². The van der Waals surface area contributed by atoms with Crippen molar-refractivity contribution in [3.8, 4) is 0 Å². The highest BCUT2D eigenvalue weighted by Crippen LogP contribution is 2.08. The third kappa shape index (κ3) is 7.32. The minimum Gasteiger partial charge on any atom is -0.444 e. The first-order valence-corrected chi connectivity index (χ1v) is 6.84. The lowest BCUT2D eigenvalue weighted by Crippen LogP contribution is -2.38. The number of H-pyrrole nitrogens is 1. The lowest BCUT2D eigenvalue weighted by molar-refractivity contribution is -0.104. The normalized spacial score (nSPS) is 12.9. The van der Waals surface area contributed by atoms with Crippen LogP contribution in [0.2, 0.25) is 0 Å². The van der Waals surface area contributed by atoms with Gasteiger partial charge in [-0.1, -0.05) is 23.9 Å². The van der Waals surface area contributed by atoms with Crippen LogP contribution in [-0.2, 0) is 16.0 Å². The van der Waals surface area contributed by atoms with Crippen LogP contribution in [0.4, 0.5) is 4.79 Å². The summed E-state index contributed by atoms with van der Waals surface area (Å²) in [6, 6.07) is -0.343. The van der Waals surface area contributed by atoms with E-state index in [2.05, 4.69) is 32.5 Å². The maximum Gasteiger partial charge on any atom is 0.408 e. The Morgan fingerprint density at radius 3 is 2.77 bits per heavy atom. The van der Waals surface area contributed by atoms with Gasteiger partial charge in [0.1, 0.15) is 11.9 Å². The molecular weight excluding hydrogens is 286 g/mol. The molecule has 0 aliphatic rings. The van der Waals surface area contributed by atoms with Crippen LogP contribution in [0.1, 0.15) is 33.0 Å². The molecule has 2 N–H and O–H groups in total. The molecule has 8 nitrogen and oxygen atoms in total. The second-order valence-electron chi connectivity index (χ2n) is 5.67. The molecule has 0 radical (unpaired) electrons.